The van der Waals surface area contributed by atoms with Gasteiger partial charge in [-0.3, -0.25) is 5.10 Å². The van der Waals surface area contributed by atoms with Gasteiger partial charge in [-0.15, -0.1) is 0 Å². The lowest BCUT2D eigenvalue weighted by molar-refractivity contribution is 0.300. The van der Waals surface area contributed by atoms with Crippen LogP contribution in [-0.4, -0.2) is 21.1 Å². The number of benzene rings is 2. The average Bonchev–Trinajstić information content (AvgIpc) is 3.00. The Bertz CT molecular complexity index is 995. The third-order valence-corrected chi connectivity index (χ3v) is 4.43. The minimum absolute atomic E-state index is 0.0412. The molecule has 0 spiro atoms. The fraction of sp³-hybridized carbons (Fsp3) is 0.211. The molecule has 3 aromatic rings. The number of aromatic nitrogens is 3. The molecule has 0 unspecified atom stereocenters. The standard InChI is InChI=1S/C19H18ClFN4OS/c1-2-5-18-23-24-19(27)25(18)22-11-13-6-3-7-14(10-13)26-12-15-16(20)8-4-9-17(15)21/h3-4,6-11H,2,5,12H2,1H3,(H,24,27)/b22-11+. The molecule has 0 aliphatic carbocycles. The highest BCUT2D eigenvalue weighted by Gasteiger charge is 2.08. The van der Waals surface area contributed by atoms with Crippen molar-refractivity contribution in [2.24, 2.45) is 5.10 Å². The predicted molar refractivity (Wildman–Crippen MR) is 107 cm³/mol. The number of hydrogen-bond donors (Lipinski definition) is 1. The topological polar surface area (TPSA) is 55.2 Å². The monoisotopic (exact) mass is 404 g/mol. The van der Waals surface area contributed by atoms with E-state index in [-0.39, 0.29) is 6.61 Å². The van der Waals surface area contributed by atoms with Crippen molar-refractivity contribution < 1.29 is 9.13 Å². The maximum Gasteiger partial charge on any atom is 0.216 e. The van der Waals surface area contributed by atoms with E-state index >= 15 is 0 Å². The van der Waals surface area contributed by atoms with Crippen molar-refractivity contribution in [3.63, 3.8) is 0 Å². The van der Waals surface area contributed by atoms with Crippen LogP contribution >= 0.6 is 23.8 Å². The first kappa shape index (κ1) is 19.3. The van der Waals surface area contributed by atoms with Gasteiger partial charge in [0.05, 0.1) is 11.2 Å². The molecule has 0 atom stereocenters. The van der Waals surface area contributed by atoms with Gasteiger partial charge in [0.15, 0.2) is 5.82 Å². The summed E-state index contributed by atoms with van der Waals surface area (Å²) in [6, 6.07) is 11.9. The summed E-state index contributed by atoms with van der Waals surface area (Å²) in [5.74, 6) is 0.973. The molecule has 0 fully saturated rings. The summed E-state index contributed by atoms with van der Waals surface area (Å²) >= 11 is 11.2. The van der Waals surface area contributed by atoms with Crippen LogP contribution in [-0.2, 0) is 13.0 Å². The van der Waals surface area contributed by atoms with E-state index in [1.165, 1.54) is 6.07 Å². The third-order valence-electron chi connectivity index (χ3n) is 3.82. The third kappa shape index (κ3) is 4.81. The van der Waals surface area contributed by atoms with E-state index in [4.69, 9.17) is 28.6 Å². The van der Waals surface area contributed by atoms with Gasteiger partial charge < -0.3 is 4.74 Å². The van der Waals surface area contributed by atoms with E-state index in [0.29, 0.717) is 21.1 Å². The average molecular weight is 405 g/mol. The highest BCUT2D eigenvalue weighted by Crippen LogP contribution is 2.21. The largest absolute Gasteiger partial charge is 0.489 e. The zero-order chi connectivity index (χ0) is 19.2. The van der Waals surface area contributed by atoms with Gasteiger partial charge in [0.1, 0.15) is 18.2 Å². The molecule has 27 heavy (non-hydrogen) atoms. The van der Waals surface area contributed by atoms with Gasteiger partial charge >= 0.3 is 0 Å². The molecule has 0 aliphatic heterocycles. The van der Waals surface area contributed by atoms with Crippen LogP contribution in [0.4, 0.5) is 4.39 Å². The molecule has 0 radical (unpaired) electrons. The van der Waals surface area contributed by atoms with E-state index in [9.17, 15) is 4.39 Å². The van der Waals surface area contributed by atoms with Crippen LogP contribution in [0.25, 0.3) is 0 Å². The second-order valence-electron chi connectivity index (χ2n) is 5.81. The van der Waals surface area contributed by atoms with Crippen LogP contribution in [0.5, 0.6) is 5.75 Å². The Labute approximate surface area is 166 Å². The first-order valence-electron chi connectivity index (χ1n) is 8.45. The quantitative estimate of drug-likeness (QED) is 0.437. The smallest absolute Gasteiger partial charge is 0.216 e. The highest BCUT2D eigenvalue weighted by molar-refractivity contribution is 7.71. The molecular weight excluding hydrogens is 387 g/mol. The summed E-state index contributed by atoms with van der Waals surface area (Å²) in [5.41, 5.74) is 1.14. The van der Waals surface area contributed by atoms with Crippen molar-refractivity contribution in [3.05, 3.63) is 75.0 Å². The van der Waals surface area contributed by atoms with Crippen molar-refractivity contribution in [1.29, 1.82) is 0 Å². The summed E-state index contributed by atoms with van der Waals surface area (Å²) in [7, 11) is 0. The van der Waals surface area contributed by atoms with Gasteiger partial charge in [-0.05, 0) is 48.5 Å². The molecule has 0 bridgehead atoms. The maximum absolute atomic E-state index is 13.8. The van der Waals surface area contributed by atoms with Gasteiger partial charge in [-0.25, -0.2) is 4.39 Å². The molecule has 3 rings (SSSR count). The number of nitrogens with zero attached hydrogens (tertiary/aromatic N) is 3. The zero-order valence-corrected chi connectivity index (χ0v) is 16.2. The van der Waals surface area contributed by atoms with E-state index in [1.54, 1.807) is 35.2 Å². The normalized spacial score (nSPS) is 11.2. The van der Waals surface area contributed by atoms with Crippen LogP contribution in [0.15, 0.2) is 47.6 Å². The van der Waals surface area contributed by atoms with Crippen molar-refractivity contribution in [3.8, 4) is 5.75 Å². The lowest BCUT2D eigenvalue weighted by Gasteiger charge is -2.09. The molecule has 0 aliphatic rings. The predicted octanol–water partition coefficient (Wildman–Crippen LogP) is 5.15. The van der Waals surface area contributed by atoms with E-state index in [1.807, 2.05) is 12.1 Å². The number of aromatic amines is 1. The van der Waals surface area contributed by atoms with Gasteiger partial charge in [-0.1, -0.05) is 36.7 Å². The molecule has 1 aromatic heterocycles. The lowest BCUT2D eigenvalue weighted by Crippen LogP contribution is -2.00. The van der Waals surface area contributed by atoms with Gasteiger partial charge in [0, 0.05) is 12.0 Å². The van der Waals surface area contributed by atoms with E-state index < -0.39 is 5.82 Å². The van der Waals surface area contributed by atoms with Crippen molar-refractivity contribution in [1.82, 2.24) is 14.9 Å². The molecule has 1 N–H and O–H groups in total. The summed E-state index contributed by atoms with van der Waals surface area (Å²) < 4.78 is 21.6. The van der Waals surface area contributed by atoms with Crippen molar-refractivity contribution >= 4 is 30.0 Å². The number of halogens is 2. The van der Waals surface area contributed by atoms with Gasteiger partial charge in [-0.2, -0.15) is 14.9 Å². The molecule has 0 amide bonds. The Hall–Kier alpha value is -2.51. The second kappa shape index (κ2) is 8.92. The van der Waals surface area contributed by atoms with Gasteiger partial charge in [0.25, 0.3) is 0 Å². The van der Waals surface area contributed by atoms with Crippen LogP contribution in [0.3, 0.4) is 0 Å². The Morgan fingerprint density at radius 2 is 2.15 bits per heavy atom. The zero-order valence-electron chi connectivity index (χ0n) is 14.7. The summed E-state index contributed by atoms with van der Waals surface area (Å²) in [6.07, 6.45) is 3.39. The molecule has 5 nitrogen and oxygen atoms in total. The van der Waals surface area contributed by atoms with E-state index in [0.717, 1.165) is 24.2 Å². The number of ether oxygens (including phenoxy) is 1. The molecule has 8 heteroatoms. The van der Waals surface area contributed by atoms with Crippen LogP contribution < -0.4 is 4.74 Å². The molecule has 0 saturated carbocycles. The van der Waals surface area contributed by atoms with Gasteiger partial charge in [0.2, 0.25) is 4.77 Å². The molecule has 140 valence electrons. The van der Waals surface area contributed by atoms with Crippen molar-refractivity contribution in [2.75, 3.05) is 0 Å². The molecule has 0 saturated heterocycles. The number of H-pyrrole nitrogens is 1. The lowest BCUT2D eigenvalue weighted by atomic mass is 10.2. The van der Waals surface area contributed by atoms with Crippen LogP contribution in [0.1, 0.15) is 30.3 Å². The Morgan fingerprint density at radius 3 is 2.93 bits per heavy atom. The summed E-state index contributed by atoms with van der Waals surface area (Å²) in [4.78, 5) is 0. The highest BCUT2D eigenvalue weighted by atomic mass is 35.5. The fourth-order valence-electron chi connectivity index (χ4n) is 2.46. The Morgan fingerprint density at radius 1 is 1.33 bits per heavy atom. The molecule has 1 heterocycles. The second-order valence-corrected chi connectivity index (χ2v) is 6.61. The molecular formula is C19H18ClFN4OS. The number of nitrogens with one attached hydrogen (secondary N) is 1. The molecule has 2 aromatic carbocycles. The minimum Gasteiger partial charge on any atom is -0.489 e. The summed E-state index contributed by atoms with van der Waals surface area (Å²) in [6.45, 7) is 2.11. The van der Waals surface area contributed by atoms with Crippen LogP contribution in [0, 0.1) is 10.6 Å². The SMILES string of the molecule is CCCc1n[nH]c(=S)n1/N=C/c1cccc(OCc2c(F)cccc2Cl)c1. The van der Waals surface area contributed by atoms with Crippen molar-refractivity contribution in [2.45, 2.75) is 26.4 Å². The summed E-state index contributed by atoms with van der Waals surface area (Å²) in [5, 5.41) is 11.7. The Kier molecular flexibility index (Phi) is 6.36. The van der Waals surface area contributed by atoms with Crippen LogP contribution in [0.2, 0.25) is 5.02 Å². The number of hydrogen-bond acceptors (Lipinski definition) is 4. The first-order valence-corrected chi connectivity index (χ1v) is 9.23. The minimum atomic E-state index is -0.391. The number of aryl methyl sites for hydroxylation is 1. The Balaban J connectivity index is 1.74. The fourth-order valence-corrected chi connectivity index (χ4v) is 2.88. The number of rotatable bonds is 7. The maximum atomic E-state index is 13.8. The van der Waals surface area contributed by atoms with E-state index in [2.05, 4.69) is 22.2 Å². The first-order chi connectivity index (χ1) is 13.1.